The monoisotopic (exact) mass is 218 g/mol. The summed E-state index contributed by atoms with van der Waals surface area (Å²) in [4.78, 5) is 4.31. The van der Waals surface area contributed by atoms with Gasteiger partial charge in [-0.2, -0.15) is 0 Å². The molecule has 0 aromatic carbocycles. The van der Waals surface area contributed by atoms with Crippen LogP contribution in [-0.4, -0.2) is 10.1 Å². The van der Waals surface area contributed by atoms with E-state index in [0.717, 1.165) is 17.3 Å². The van der Waals surface area contributed by atoms with Crippen LogP contribution in [-0.2, 0) is 13.2 Å². The Morgan fingerprint density at radius 3 is 2.75 bits per heavy atom. The lowest BCUT2D eigenvalue weighted by molar-refractivity contribution is 0.244. The second-order valence-electron chi connectivity index (χ2n) is 3.54. The van der Waals surface area contributed by atoms with Crippen LogP contribution >= 0.6 is 0 Å². The molecule has 4 nitrogen and oxygen atoms in total. The van der Waals surface area contributed by atoms with Gasteiger partial charge in [-0.3, -0.25) is 0 Å². The Morgan fingerprint density at radius 2 is 2.06 bits per heavy atom. The van der Waals surface area contributed by atoms with E-state index in [1.54, 1.807) is 6.07 Å². The maximum absolute atomic E-state index is 8.85. The van der Waals surface area contributed by atoms with Gasteiger partial charge in [-0.25, -0.2) is 4.98 Å². The van der Waals surface area contributed by atoms with Crippen molar-refractivity contribution in [2.75, 3.05) is 5.32 Å². The number of rotatable bonds is 4. The molecule has 0 saturated heterocycles. The third-order valence-electron chi connectivity index (χ3n) is 2.21. The second kappa shape index (κ2) is 4.81. The first kappa shape index (κ1) is 10.7. The van der Waals surface area contributed by atoms with Crippen molar-refractivity contribution >= 4 is 5.82 Å². The number of aromatic nitrogens is 1. The molecule has 16 heavy (non-hydrogen) atoms. The SMILES string of the molecule is Cc1cccc(NCc2ccc(CO)o2)n1. The van der Waals surface area contributed by atoms with E-state index in [2.05, 4.69) is 10.3 Å². The maximum atomic E-state index is 8.85. The lowest BCUT2D eigenvalue weighted by Gasteiger charge is -2.03. The summed E-state index contributed by atoms with van der Waals surface area (Å²) in [5.74, 6) is 2.18. The van der Waals surface area contributed by atoms with E-state index in [-0.39, 0.29) is 6.61 Å². The lowest BCUT2D eigenvalue weighted by Crippen LogP contribution is -2.00. The summed E-state index contributed by atoms with van der Waals surface area (Å²) >= 11 is 0. The molecule has 2 aromatic heterocycles. The highest BCUT2D eigenvalue weighted by molar-refractivity contribution is 5.35. The van der Waals surface area contributed by atoms with Crippen LogP contribution in [0.3, 0.4) is 0 Å². The first-order valence-corrected chi connectivity index (χ1v) is 5.14. The molecule has 0 saturated carbocycles. The molecule has 2 N–H and O–H groups in total. The fourth-order valence-corrected chi connectivity index (χ4v) is 1.42. The number of aliphatic hydroxyl groups excluding tert-OH is 1. The number of hydrogen-bond donors (Lipinski definition) is 2. The van der Waals surface area contributed by atoms with Gasteiger partial charge in [0.1, 0.15) is 23.9 Å². The first-order valence-electron chi connectivity index (χ1n) is 5.14. The van der Waals surface area contributed by atoms with Crippen LogP contribution < -0.4 is 5.32 Å². The van der Waals surface area contributed by atoms with Gasteiger partial charge in [0, 0.05) is 5.69 Å². The molecule has 0 amide bonds. The van der Waals surface area contributed by atoms with Crippen molar-refractivity contribution in [3.63, 3.8) is 0 Å². The number of hydrogen-bond acceptors (Lipinski definition) is 4. The molecule has 0 aliphatic carbocycles. The average Bonchev–Trinajstić information content (AvgIpc) is 2.74. The van der Waals surface area contributed by atoms with Gasteiger partial charge in [-0.05, 0) is 31.2 Å². The molecule has 2 aromatic rings. The minimum atomic E-state index is -0.0668. The Morgan fingerprint density at radius 1 is 1.25 bits per heavy atom. The van der Waals surface area contributed by atoms with Gasteiger partial charge in [0.15, 0.2) is 0 Å². The van der Waals surface area contributed by atoms with Crippen LogP contribution in [0, 0.1) is 6.92 Å². The van der Waals surface area contributed by atoms with Gasteiger partial charge in [0.25, 0.3) is 0 Å². The smallest absolute Gasteiger partial charge is 0.129 e. The van der Waals surface area contributed by atoms with Crippen LogP contribution in [0.15, 0.2) is 34.7 Å². The largest absolute Gasteiger partial charge is 0.462 e. The number of pyridine rings is 1. The van der Waals surface area contributed by atoms with Crippen LogP contribution in [0.25, 0.3) is 0 Å². The summed E-state index contributed by atoms with van der Waals surface area (Å²) in [6.07, 6.45) is 0. The van der Waals surface area contributed by atoms with E-state index in [9.17, 15) is 0 Å². The number of nitrogens with zero attached hydrogens (tertiary/aromatic N) is 1. The van der Waals surface area contributed by atoms with Crippen LogP contribution in [0.2, 0.25) is 0 Å². The van der Waals surface area contributed by atoms with Crippen molar-refractivity contribution < 1.29 is 9.52 Å². The van der Waals surface area contributed by atoms with Gasteiger partial charge >= 0.3 is 0 Å². The van der Waals surface area contributed by atoms with Gasteiger partial charge in [-0.1, -0.05) is 6.07 Å². The van der Waals surface area contributed by atoms with Gasteiger partial charge < -0.3 is 14.8 Å². The highest BCUT2D eigenvalue weighted by Gasteiger charge is 2.01. The summed E-state index contributed by atoms with van der Waals surface area (Å²) in [5, 5.41) is 12.0. The predicted molar refractivity (Wildman–Crippen MR) is 60.9 cm³/mol. The molecule has 4 heteroatoms. The maximum Gasteiger partial charge on any atom is 0.129 e. The van der Waals surface area contributed by atoms with Crippen molar-refractivity contribution in [3.8, 4) is 0 Å². The Kier molecular flexibility index (Phi) is 3.22. The van der Waals surface area contributed by atoms with E-state index < -0.39 is 0 Å². The summed E-state index contributed by atoms with van der Waals surface area (Å²) in [6.45, 7) is 2.45. The molecule has 2 heterocycles. The summed E-state index contributed by atoms with van der Waals surface area (Å²) in [7, 11) is 0. The third kappa shape index (κ3) is 2.61. The van der Waals surface area contributed by atoms with Crippen molar-refractivity contribution in [2.45, 2.75) is 20.1 Å². The Hall–Kier alpha value is -1.81. The zero-order valence-corrected chi connectivity index (χ0v) is 9.10. The zero-order valence-electron chi connectivity index (χ0n) is 9.10. The van der Waals surface area contributed by atoms with Crippen LogP contribution in [0.4, 0.5) is 5.82 Å². The van der Waals surface area contributed by atoms with Crippen molar-refractivity contribution in [2.24, 2.45) is 0 Å². The molecule has 0 aliphatic rings. The normalized spacial score (nSPS) is 10.4. The van der Waals surface area contributed by atoms with E-state index in [1.165, 1.54) is 0 Å². The number of anilines is 1. The van der Waals surface area contributed by atoms with Crippen molar-refractivity contribution in [3.05, 3.63) is 47.5 Å². The minimum Gasteiger partial charge on any atom is -0.462 e. The van der Waals surface area contributed by atoms with Crippen molar-refractivity contribution in [1.29, 1.82) is 0 Å². The standard InChI is InChI=1S/C12H14N2O2/c1-9-3-2-4-12(14-9)13-7-10-5-6-11(8-15)16-10/h2-6,15H,7-8H2,1H3,(H,13,14). The third-order valence-corrected chi connectivity index (χ3v) is 2.21. The Labute approximate surface area is 93.9 Å². The molecule has 0 spiro atoms. The van der Waals surface area contributed by atoms with Gasteiger partial charge in [0.05, 0.1) is 6.54 Å². The summed E-state index contributed by atoms with van der Waals surface area (Å²) < 4.78 is 5.34. The fourth-order valence-electron chi connectivity index (χ4n) is 1.42. The quantitative estimate of drug-likeness (QED) is 0.825. The van der Waals surface area contributed by atoms with Crippen molar-refractivity contribution in [1.82, 2.24) is 4.98 Å². The molecule has 0 bridgehead atoms. The molecule has 2 rings (SSSR count). The van der Waals surface area contributed by atoms with Gasteiger partial charge in [-0.15, -0.1) is 0 Å². The van der Waals surface area contributed by atoms with Crippen LogP contribution in [0.1, 0.15) is 17.2 Å². The molecule has 84 valence electrons. The summed E-state index contributed by atoms with van der Waals surface area (Å²) in [5.41, 5.74) is 0.973. The topological polar surface area (TPSA) is 58.3 Å². The molecule has 0 fully saturated rings. The number of nitrogens with one attached hydrogen (secondary N) is 1. The second-order valence-corrected chi connectivity index (χ2v) is 3.54. The van der Waals surface area contributed by atoms with E-state index in [0.29, 0.717) is 12.3 Å². The molecule has 0 unspecified atom stereocenters. The highest BCUT2D eigenvalue weighted by Crippen LogP contribution is 2.10. The lowest BCUT2D eigenvalue weighted by atomic mass is 10.3. The molecule has 0 atom stereocenters. The average molecular weight is 218 g/mol. The van der Waals surface area contributed by atoms with E-state index in [4.69, 9.17) is 9.52 Å². The summed E-state index contributed by atoms with van der Waals surface area (Å²) in [6, 6.07) is 9.41. The zero-order chi connectivity index (χ0) is 11.4. The highest BCUT2D eigenvalue weighted by atomic mass is 16.4. The predicted octanol–water partition coefficient (Wildman–Crippen LogP) is 2.09. The van der Waals surface area contributed by atoms with Gasteiger partial charge in [0.2, 0.25) is 0 Å². The molecular formula is C12H14N2O2. The molecule has 0 aliphatic heterocycles. The minimum absolute atomic E-state index is 0.0668. The Bertz CT molecular complexity index is 466. The fraction of sp³-hybridized carbons (Fsp3) is 0.250. The number of furan rings is 1. The number of aliphatic hydroxyl groups is 1. The van der Waals surface area contributed by atoms with Crippen LogP contribution in [0.5, 0.6) is 0 Å². The number of aryl methyl sites for hydroxylation is 1. The molecular weight excluding hydrogens is 204 g/mol. The van der Waals surface area contributed by atoms with E-state index in [1.807, 2.05) is 31.2 Å². The van der Waals surface area contributed by atoms with E-state index >= 15 is 0 Å². The Balaban J connectivity index is 1.96. The molecule has 0 radical (unpaired) electrons. The first-order chi connectivity index (χ1) is 7.78.